The van der Waals surface area contributed by atoms with Crippen LogP contribution in [-0.2, 0) is 6.42 Å². The predicted octanol–water partition coefficient (Wildman–Crippen LogP) is 7.16. The highest BCUT2D eigenvalue weighted by atomic mass is 35.5. The van der Waals surface area contributed by atoms with E-state index >= 15 is 4.39 Å². The van der Waals surface area contributed by atoms with E-state index in [1.165, 1.54) is 12.8 Å². The smallest absolute Gasteiger partial charge is 0.138 e. The molecule has 1 fully saturated rings. The number of anilines is 1. The maximum absolute atomic E-state index is 15.6. The molecule has 0 N–H and O–H groups in total. The van der Waals surface area contributed by atoms with Gasteiger partial charge in [-0.15, -0.1) is 0 Å². The molecule has 3 aromatic rings. The Hall–Kier alpha value is -2.59. The molecule has 0 aliphatic carbocycles. The van der Waals surface area contributed by atoms with Gasteiger partial charge >= 0.3 is 0 Å². The van der Waals surface area contributed by atoms with E-state index in [2.05, 4.69) is 37.8 Å². The zero-order chi connectivity index (χ0) is 22.9. The van der Waals surface area contributed by atoms with Crippen LogP contribution < -0.4 is 9.64 Å². The van der Waals surface area contributed by atoms with E-state index < -0.39 is 0 Å². The van der Waals surface area contributed by atoms with Crippen molar-refractivity contribution < 1.29 is 9.13 Å². The van der Waals surface area contributed by atoms with Crippen LogP contribution in [0.1, 0.15) is 44.7 Å². The van der Waals surface area contributed by atoms with Gasteiger partial charge in [-0.3, -0.25) is 0 Å². The van der Waals surface area contributed by atoms with E-state index in [4.69, 9.17) is 21.3 Å². The van der Waals surface area contributed by atoms with Crippen molar-refractivity contribution in [1.82, 2.24) is 4.98 Å². The number of hydrogen-bond donors (Lipinski definition) is 0. The van der Waals surface area contributed by atoms with Gasteiger partial charge in [-0.05, 0) is 59.2 Å². The first kappa shape index (κ1) is 22.6. The molecule has 0 spiro atoms. The third kappa shape index (κ3) is 4.61. The summed E-state index contributed by atoms with van der Waals surface area (Å²) in [6.45, 7) is 7.89. The minimum absolute atomic E-state index is 0.208. The average Bonchev–Trinajstić information content (AvgIpc) is 3.26. The normalized spacial score (nSPS) is 16.4. The molecule has 1 saturated heterocycles. The third-order valence-corrected chi connectivity index (χ3v) is 6.50. The summed E-state index contributed by atoms with van der Waals surface area (Å²) in [5.41, 5.74) is 2.91. The zero-order valence-corrected chi connectivity index (χ0v) is 19.9. The molecular weight excluding hydrogens is 423 g/mol. The van der Waals surface area contributed by atoms with E-state index in [1.54, 1.807) is 25.3 Å². The molecule has 1 aliphatic heterocycles. The number of benzene rings is 2. The number of pyridine rings is 1. The maximum Gasteiger partial charge on any atom is 0.138 e. The Kier molecular flexibility index (Phi) is 6.43. The van der Waals surface area contributed by atoms with Crippen molar-refractivity contribution in [3.63, 3.8) is 0 Å². The van der Waals surface area contributed by atoms with Gasteiger partial charge in [0.2, 0.25) is 0 Å². The van der Waals surface area contributed by atoms with Crippen LogP contribution in [-0.4, -0.2) is 24.7 Å². The van der Waals surface area contributed by atoms with Gasteiger partial charge in [0, 0.05) is 30.2 Å². The first-order valence-electron chi connectivity index (χ1n) is 11.1. The minimum atomic E-state index is -0.289. The molecule has 3 nitrogen and oxygen atoms in total. The fourth-order valence-corrected chi connectivity index (χ4v) is 4.86. The number of ether oxygens (including phenoxy) is 1. The molecule has 4 rings (SSSR count). The fourth-order valence-electron chi connectivity index (χ4n) is 4.67. The van der Waals surface area contributed by atoms with Crippen LogP contribution in [0.3, 0.4) is 0 Å². The lowest BCUT2D eigenvalue weighted by atomic mass is 9.85. The molecule has 1 aliphatic rings. The van der Waals surface area contributed by atoms with Gasteiger partial charge in [0.25, 0.3) is 0 Å². The van der Waals surface area contributed by atoms with Gasteiger partial charge in [0.1, 0.15) is 17.4 Å². The van der Waals surface area contributed by atoms with E-state index in [1.807, 2.05) is 24.4 Å². The summed E-state index contributed by atoms with van der Waals surface area (Å²) in [6.07, 6.45) is 4.71. The second-order valence-electron chi connectivity index (χ2n) is 9.55. The highest BCUT2D eigenvalue weighted by Gasteiger charge is 2.34. The standard InChI is InChI=1S/C27H30ClFN2O/c1-27(2,3)23-9-6-14-31(23)24-13-10-18(17-30-24)15-20-11-12-22(32-4)25(26(20)29)19-7-5-8-21(28)16-19/h5,7-8,10-13,16-17,23H,6,9,14-15H2,1-4H3/t23-/m0/s1. The summed E-state index contributed by atoms with van der Waals surface area (Å²) in [5.74, 6) is 1.20. The number of hydrogen-bond acceptors (Lipinski definition) is 3. The van der Waals surface area contributed by atoms with E-state index in [-0.39, 0.29) is 11.2 Å². The lowest BCUT2D eigenvalue weighted by Gasteiger charge is -2.35. The van der Waals surface area contributed by atoms with Crippen molar-refractivity contribution >= 4 is 17.4 Å². The third-order valence-electron chi connectivity index (χ3n) is 6.27. The molecule has 1 aromatic heterocycles. The lowest BCUT2D eigenvalue weighted by molar-refractivity contribution is 0.319. The Morgan fingerprint density at radius 2 is 1.97 bits per heavy atom. The quantitative estimate of drug-likeness (QED) is 0.410. The molecule has 2 heterocycles. The minimum Gasteiger partial charge on any atom is -0.496 e. The first-order chi connectivity index (χ1) is 15.3. The van der Waals surface area contributed by atoms with Crippen molar-refractivity contribution in [2.75, 3.05) is 18.6 Å². The molecule has 0 bridgehead atoms. The molecule has 5 heteroatoms. The first-order valence-corrected chi connectivity index (χ1v) is 11.5. The van der Waals surface area contributed by atoms with Crippen LogP contribution in [0.15, 0.2) is 54.7 Å². The zero-order valence-electron chi connectivity index (χ0n) is 19.2. The molecule has 0 saturated carbocycles. The van der Waals surface area contributed by atoms with Crippen molar-refractivity contribution in [1.29, 1.82) is 0 Å². The Morgan fingerprint density at radius 1 is 1.16 bits per heavy atom. The van der Waals surface area contributed by atoms with Crippen molar-refractivity contribution in [3.05, 3.63) is 76.7 Å². The predicted molar refractivity (Wildman–Crippen MR) is 130 cm³/mol. The number of nitrogens with zero attached hydrogens (tertiary/aromatic N) is 2. The van der Waals surface area contributed by atoms with E-state index in [9.17, 15) is 0 Å². The summed E-state index contributed by atoms with van der Waals surface area (Å²) in [6, 6.07) is 15.4. The van der Waals surface area contributed by atoms with Gasteiger partial charge < -0.3 is 9.64 Å². The van der Waals surface area contributed by atoms with Crippen LogP contribution in [0.4, 0.5) is 10.2 Å². The molecule has 0 unspecified atom stereocenters. The summed E-state index contributed by atoms with van der Waals surface area (Å²) in [7, 11) is 1.55. The van der Waals surface area contributed by atoms with E-state index in [0.717, 1.165) is 17.9 Å². The van der Waals surface area contributed by atoms with Crippen molar-refractivity contribution in [2.45, 2.75) is 46.1 Å². The molecule has 0 radical (unpaired) electrons. The number of aromatic nitrogens is 1. The van der Waals surface area contributed by atoms with Crippen LogP contribution in [0.5, 0.6) is 5.75 Å². The SMILES string of the molecule is COc1ccc(Cc2ccc(N3CCC[C@H]3C(C)(C)C)nc2)c(F)c1-c1cccc(Cl)c1. The Morgan fingerprint density at radius 3 is 2.62 bits per heavy atom. The van der Waals surface area contributed by atoms with Gasteiger partial charge in [0.05, 0.1) is 12.7 Å². The molecule has 1 atom stereocenters. The lowest BCUT2D eigenvalue weighted by Crippen LogP contribution is -2.39. The largest absolute Gasteiger partial charge is 0.496 e. The Bertz CT molecular complexity index is 1090. The number of methoxy groups -OCH3 is 1. The summed E-state index contributed by atoms with van der Waals surface area (Å²) in [4.78, 5) is 7.15. The molecular formula is C27H30ClFN2O. The Balaban J connectivity index is 1.60. The van der Waals surface area contributed by atoms with E-state index in [0.29, 0.717) is 39.9 Å². The maximum atomic E-state index is 15.6. The van der Waals surface area contributed by atoms with Crippen molar-refractivity contribution in [2.24, 2.45) is 5.41 Å². The highest BCUT2D eigenvalue weighted by molar-refractivity contribution is 6.30. The van der Waals surface area contributed by atoms with Gasteiger partial charge in [-0.1, -0.05) is 56.6 Å². The van der Waals surface area contributed by atoms with Gasteiger partial charge in [-0.25, -0.2) is 9.37 Å². The van der Waals surface area contributed by atoms with Crippen LogP contribution >= 0.6 is 11.6 Å². The number of rotatable bonds is 5. The topological polar surface area (TPSA) is 25.4 Å². The van der Waals surface area contributed by atoms with Crippen molar-refractivity contribution in [3.8, 4) is 16.9 Å². The second-order valence-corrected chi connectivity index (χ2v) is 9.98. The van der Waals surface area contributed by atoms with Gasteiger partial charge in [-0.2, -0.15) is 0 Å². The Labute approximate surface area is 195 Å². The summed E-state index contributed by atoms with van der Waals surface area (Å²) >= 11 is 6.14. The highest BCUT2D eigenvalue weighted by Crippen LogP contribution is 2.37. The molecule has 168 valence electrons. The van der Waals surface area contributed by atoms with Crippen LogP contribution in [0.25, 0.3) is 11.1 Å². The summed E-state index contributed by atoms with van der Waals surface area (Å²) < 4.78 is 21.0. The fraction of sp³-hybridized carbons (Fsp3) is 0.370. The average molecular weight is 453 g/mol. The van der Waals surface area contributed by atoms with Crippen LogP contribution in [0.2, 0.25) is 5.02 Å². The molecule has 32 heavy (non-hydrogen) atoms. The monoisotopic (exact) mass is 452 g/mol. The van der Waals surface area contributed by atoms with Crippen LogP contribution in [0, 0.1) is 11.2 Å². The second kappa shape index (κ2) is 9.11. The molecule has 0 amide bonds. The molecule has 2 aromatic carbocycles. The van der Waals surface area contributed by atoms with Gasteiger partial charge in [0.15, 0.2) is 0 Å². The number of halogens is 2. The summed E-state index contributed by atoms with van der Waals surface area (Å²) in [5, 5.41) is 0.560.